The van der Waals surface area contributed by atoms with Crippen molar-refractivity contribution in [3.8, 4) is 0 Å². The number of carbonyl (C=O) groups excluding carboxylic acids is 1. The van der Waals surface area contributed by atoms with Crippen LogP contribution in [0.5, 0.6) is 0 Å². The summed E-state index contributed by atoms with van der Waals surface area (Å²) in [7, 11) is 3.86. The first-order valence-electron chi connectivity index (χ1n) is 40.0. The Hall–Kier alpha value is -11.7. The molecule has 1 amide bonds. The second kappa shape index (κ2) is 34.4. The minimum Gasteiger partial charge on any atom is -0.336 e. The van der Waals surface area contributed by atoms with Crippen LogP contribution in [0.2, 0.25) is 5.02 Å². The van der Waals surface area contributed by atoms with Crippen molar-refractivity contribution < 1.29 is 4.79 Å². The molecular formula is C89H103ClN20O6. The first-order chi connectivity index (χ1) is 55.9. The molecule has 27 heteroatoms. The van der Waals surface area contributed by atoms with Crippen LogP contribution >= 0.6 is 11.6 Å². The van der Waals surface area contributed by atoms with E-state index in [1.54, 1.807) is 24.3 Å². The standard InChI is InChI=1S/C24H23ClN4O2.C17H20N4O.C17H22N4O.C16H20N4O.C15H18N4O/c1-15-21-22(27-26-15)19-6-2-3-7-20(19)29(24(21)31)14-12-18-5-4-13-28(18)23(30)16-8-10-17(25)11-9-16;1-11-15-16(20-19-11)13-6-2-3-7-14(13)21(17(15)22)10-8-12-5-4-9-18-12;1-11-14-15(20-19-11)12-7-5-6-8-13(12)21(16(14)22)10-17(2,3)9-18-4;1-10-13-14(19-18-10)11-6-4-5-7-12(11)20(15(13)21)9-16(2,3)8-17;1-10-13-14(18-17-10)11-6-3-4-7-12(11)19(15(13)20)9-5-8-16-2/h2-3,6-11,18H,4-5,12-14H2,1H3,(H,26,27);2-3,6-7,12,18H,4-5,8-10H2,1H3,(H,19,20);5-8,18H,9-10H2,1-4H3,(H,19,20);4-7H,8-9,17H2,1-3H3,(H,18,19);3-4,6-7,16H,5,8-9H2,1-2H3,(H,17,18). The quantitative estimate of drug-likeness (QED) is 0.0361. The lowest BCUT2D eigenvalue weighted by molar-refractivity contribution is 0.0727. The number of para-hydroxylation sites is 5. The van der Waals surface area contributed by atoms with E-state index in [2.05, 4.69) is 94.6 Å². The Balaban J connectivity index is 0.000000121. The van der Waals surface area contributed by atoms with Crippen LogP contribution in [-0.4, -0.2) is 144 Å². The van der Waals surface area contributed by atoms with E-state index in [9.17, 15) is 28.8 Å². The number of fused-ring (bicyclic) bond motifs is 15. The third-order valence-corrected chi connectivity index (χ3v) is 23.0. The lowest BCUT2D eigenvalue weighted by Gasteiger charge is -2.26. The van der Waals surface area contributed by atoms with Gasteiger partial charge in [-0.15, -0.1) is 0 Å². The van der Waals surface area contributed by atoms with Crippen molar-refractivity contribution in [2.75, 3.05) is 46.8 Å². The summed E-state index contributed by atoms with van der Waals surface area (Å²) in [6.45, 7) is 25.3. The van der Waals surface area contributed by atoms with E-state index in [0.29, 0.717) is 70.9 Å². The number of hydrogen-bond donors (Lipinski definition) is 9. The summed E-state index contributed by atoms with van der Waals surface area (Å²) >= 11 is 5.97. The molecule has 10 aromatic heterocycles. The van der Waals surface area contributed by atoms with Gasteiger partial charge < -0.3 is 49.4 Å². The number of aromatic nitrogens is 15. The van der Waals surface area contributed by atoms with Gasteiger partial charge in [0.25, 0.3) is 33.7 Å². The molecule has 116 heavy (non-hydrogen) atoms. The van der Waals surface area contributed by atoms with Crippen molar-refractivity contribution in [2.24, 2.45) is 16.6 Å². The number of H-pyrrole nitrogens is 5. The summed E-state index contributed by atoms with van der Waals surface area (Å²) in [4.78, 5) is 79.8. The smallest absolute Gasteiger partial charge is 0.262 e. The summed E-state index contributed by atoms with van der Waals surface area (Å²) in [5.74, 6) is 0.0255. The van der Waals surface area contributed by atoms with Crippen molar-refractivity contribution in [2.45, 2.75) is 152 Å². The summed E-state index contributed by atoms with van der Waals surface area (Å²) in [6.07, 6.45) is 7.00. The van der Waals surface area contributed by atoms with Gasteiger partial charge in [0.1, 0.15) is 27.6 Å². The van der Waals surface area contributed by atoms with E-state index >= 15 is 0 Å². The van der Waals surface area contributed by atoms with Gasteiger partial charge in [0.15, 0.2) is 0 Å². The van der Waals surface area contributed by atoms with Crippen LogP contribution < -0.4 is 49.5 Å². The van der Waals surface area contributed by atoms with E-state index in [-0.39, 0.29) is 50.6 Å². The predicted molar refractivity (Wildman–Crippen MR) is 468 cm³/mol. The van der Waals surface area contributed by atoms with Gasteiger partial charge in [-0.25, -0.2) is 0 Å². The highest BCUT2D eigenvalue weighted by Gasteiger charge is 2.31. The molecule has 18 rings (SSSR count). The lowest BCUT2D eigenvalue weighted by atomic mass is 9.93. The monoisotopic (exact) mass is 1580 g/mol. The maximum Gasteiger partial charge on any atom is 0.262 e. The molecule has 6 aromatic carbocycles. The molecule has 0 bridgehead atoms. The Bertz CT molecular complexity index is 6640. The highest BCUT2D eigenvalue weighted by Crippen LogP contribution is 2.32. The number of amides is 1. The van der Waals surface area contributed by atoms with Crippen molar-refractivity contribution in [3.63, 3.8) is 0 Å². The summed E-state index contributed by atoms with van der Waals surface area (Å²) < 4.78 is 9.33. The van der Waals surface area contributed by atoms with Crippen LogP contribution in [0.1, 0.15) is 111 Å². The number of pyridine rings is 5. The first-order valence-corrected chi connectivity index (χ1v) is 40.4. The van der Waals surface area contributed by atoms with Gasteiger partial charge >= 0.3 is 0 Å². The van der Waals surface area contributed by atoms with Gasteiger partial charge in [-0.1, -0.05) is 130 Å². The van der Waals surface area contributed by atoms with Crippen LogP contribution in [0.15, 0.2) is 170 Å². The molecule has 10 N–H and O–H groups in total. The topological polar surface area (TPSA) is 336 Å². The van der Waals surface area contributed by atoms with E-state index in [1.807, 2.05) is 198 Å². The van der Waals surface area contributed by atoms with Crippen LogP contribution in [0.3, 0.4) is 0 Å². The van der Waals surface area contributed by atoms with Gasteiger partial charge in [0.2, 0.25) is 0 Å². The molecule has 0 spiro atoms. The van der Waals surface area contributed by atoms with Crippen molar-refractivity contribution >= 4 is 127 Å². The van der Waals surface area contributed by atoms with Gasteiger partial charge in [0.05, 0.1) is 54.5 Å². The fourth-order valence-electron chi connectivity index (χ4n) is 16.8. The molecule has 12 heterocycles. The molecule has 0 aliphatic carbocycles. The Kier molecular flexibility index (Phi) is 24.0. The highest BCUT2D eigenvalue weighted by atomic mass is 35.5. The number of aromatic amines is 5. The normalized spacial score (nSPS) is 14.5. The molecule has 2 fully saturated rings. The molecule has 2 saturated heterocycles. The largest absolute Gasteiger partial charge is 0.336 e. The number of nitrogens with zero attached hydrogens (tertiary/aromatic N) is 11. The number of benzene rings is 6. The van der Waals surface area contributed by atoms with Gasteiger partial charge in [0, 0.05) is 124 Å². The zero-order valence-corrected chi connectivity index (χ0v) is 68.6. The minimum absolute atomic E-state index is 0.00326. The highest BCUT2D eigenvalue weighted by molar-refractivity contribution is 6.30. The number of aryl methyl sites for hydroxylation is 8. The fourth-order valence-corrected chi connectivity index (χ4v) is 16.9. The Morgan fingerprint density at radius 2 is 0.810 bits per heavy atom. The zero-order chi connectivity index (χ0) is 81.9. The third-order valence-electron chi connectivity index (χ3n) is 22.7. The van der Waals surface area contributed by atoms with Crippen molar-refractivity contribution in [3.05, 3.63) is 236 Å². The third kappa shape index (κ3) is 16.1. The predicted octanol–water partition coefficient (Wildman–Crippen LogP) is 13.3. The van der Waals surface area contributed by atoms with Gasteiger partial charge in [-0.3, -0.25) is 54.3 Å². The number of likely N-dealkylation sites (tertiary alicyclic amines) is 1. The number of hydrogen-bond acceptors (Lipinski definition) is 15. The Labute approximate surface area is 674 Å². The SMILES string of the molecule is CNCC(C)(C)Cn1c(=O)c2c(C)[nH]nc2c2ccccc21.CNCCCn1c(=O)c2c(C)[nH]nc2c2ccccc21.Cc1[nH]nc2c1c(=O)n(CC(C)(C)CN)c1ccccc21.Cc1[nH]nc2c1c(=O)n(CCC1CCCN1)c1ccccc21.Cc1[nH]nc2c1c(=O)n(CCC1CCCN1C(=O)c1ccc(Cl)cc1)c1ccccc21. The molecular weight excluding hydrogens is 1480 g/mol. The molecule has 0 saturated carbocycles. The number of rotatable bonds is 18. The molecule has 2 aliphatic rings. The molecule has 2 unspecified atom stereocenters. The molecule has 2 aliphatic heterocycles. The first kappa shape index (κ1) is 80.9. The molecule has 0 radical (unpaired) electrons. The van der Waals surface area contributed by atoms with E-state index in [4.69, 9.17) is 17.3 Å². The van der Waals surface area contributed by atoms with Crippen molar-refractivity contribution in [1.29, 1.82) is 0 Å². The molecule has 26 nitrogen and oxygen atoms in total. The maximum absolute atomic E-state index is 13.3. The van der Waals surface area contributed by atoms with Gasteiger partial charge in [-0.2, -0.15) is 25.5 Å². The average Bonchev–Trinajstić information content (AvgIpc) is 0.965. The second-order valence-corrected chi connectivity index (χ2v) is 32.7. The molecule has 602 valence electrons. The number of nitrogens with two attached hydrogens (primary N) is 1. The number of nitrogens with one attached hydrogen (secondary N) is 8. The summed E-state index contributed by atoms with van der Waals surface area (Å²) in [5.41, 5.74) is 18.9. The second-order valence-electron chi connectivity index (χ2n) is 32.3. The molecule has 16 aromatic rings. The zero-order valence-electron chi connectivity index (χ0n) is 67.9. The Morgan fingerprint density at radius 1 is 0.457 bits per heavy atom. The van der Waals surface area contributed by atoms with Crippen LogP contribution in [-0.2, 0) is 32.7 Å². The van der Waals surface area contributed by atoms with E-state index < -0.39 is 0 Å². The lowest BCUT2D eigenvalue weighted by Crippen LogP contribution is -2.36. The summed E-state index contributed by atoms with van der Waals surface area (Å²) in [5, 5.41) is 55.2. The molecule has 2 atom stereocenters. The van der Waals surface area contributed by atoms with E-state index in [1.165, 1.54) is 12.8 Å². The fraction of sp³-hybridized carbons (Fsp3) is 0.360. The number of carbonyl (C=O) groups is 1. The average molecular weight is 1580 g/mol. The van der Waals surface area contributed by atoms with Crippen LogP contribution in [0, 0.1) is 45.4 Å². The van der Waals surface area contributed by atoms with E-state index in [0.717, 1.165) is 181 Å². The summed E-state index contributed by atoms with van der Waals surface area (Å²) in [6, 6.07) is 47.4. The maximum atomic E-state index is 13.3. The van der Waals surface area contributed by atoms with Crippen molar-refractivity contribution in [1.82, 2.24) is 94.7 Å². The minimum atomic E-state index is -0.141. The Morgan fingerprint density at radius 3 is 1.17 bits per heavy atom. The van der Waals surface area contributed by atoms with Crippen LogP contribution in [0.25, 0.3) is 109 Å². The van der Waals surface area contributed by atoms with Gasteiger partial charge in [-0.05, 0) is 179 Å². The van der Waals surface area contributed by atoms with Crippen LogP contribution in [0.4, 0.5) is 0 Å². The number of halogens is 1.